The van der Waals surface area contributed by atoms with Crippen LogP contribution in [0.5, 0.6) is 5.75 Å². The molecule has 3 unspecified atom stereocenters. The molecule has 7 nitrogen and oxygen atoms in total. The quantitative estimate of drug-likeness (QED) is 0.764. The van der Waals surface area contributed by atoms with E-state index in [1.54, 1.807) is 0 Å². The van der Waals surface area contributed by atoms with E-state index in [1.807, 2.05) is 12.1 Å². The van der Waals surface area contributed by atoms with E-state index in [2.05, 4.69) is 32.4 Å². The van der Waals surface area contributed by atoms with Crippen LogP contribution in [-0.4, -0.2) is 35.9 Å². The molecule has 0 amide bonds. The average molecular weight is 364 g/mol. The summed E-state index contributed by atoms with van der Waals surface area (Å²) in [5.74, 6) is 2.94. The molecule has 0 spiro atoms. The lowest BCUT2D eigenvalue weighted by Crippen LogP contribution is -2.36. The molecule has 1 aromatic heterocycles. The summed E-state index contributed by atoms with van der Waals surface area (Å²) in [5, 5.41) is 7.59. The molecule has 0 aliphatic carbocycles. The van der Waals surface area contributed by atoms with Crippen molar-refractivity contribution in [1.29, 1.82) is 0 Å². The number of ether oxygens (including phenoxy) is 1. The Bertz CT molecular complexity index is 746. The number of halogens is 1. The van der Waals surface area contributed by atoms with Crippen molar-refractivity contribution < 1.29 is 9.26 Å². The van der Waals surface area contributed by atoms with Crippen LogP contribution in [0.15, 0.2) is 22.7 Å². The minimum atomic E-state index is 0. The summed E-state index contributed by atoms with van der Waals surface area (Å²) in [6.45, 7) is 2.95. The summed E-state index contributed by atoms with van der Waals surface area (Å²) in [4.78, 5) is 4.61. The smallest absolute Gasteiger partial charge is 0.245 e. The second kappa shape index (κ2) is 6.92. The van der Waals surface area contributed by atoms with Crippen LogP contribution in [0.1, 0.15) is 30.3 Å². The van der Waals surface area contributed by atoms with Gasteiger partial charge in [0.25, 0.3) is 0 Å². The monoisotopic (exact) mass is 363 g/mol. The first-order valence-electron chi connectivity index (χ1n) is 8.68. The maximum atomic E-state index is 5.55. The SMILES string of the molecule is Cl.c1cc2c(cc1-c1noc(C3CC(C4CCNC4)NN3)n1)CCO2. The van der Waals surface area contributed by atoms with Gasteiger partial charge in [-0.1, -0.05) is 5.16 Å². The minimum absolute atomic E-state index is 0. The van der Waals surface area contributed by atoms with Crippen LogP contribution in [0.4, 0.5) is 0 Å². The molecule has 1 aromatic carbocycles. The molecule has 3 aliphatic heterocycles. The molecule has 0 bridgehead atoms. The summed E-state index contributed by atoms with van der Waals surface area (Å²) in [7, 11) is 0. The zero-order valence-electron chi connectivity index (χ0n) is 13.8. The van der Waals surface area contributed by atoms with Gasteiger partial charge in [-0.15, -0.1) is 12.4 Å². The van der Waals surface area contributed by atoms with Crippen LogP contribution in [-0.2, 0) is 6.42 Å². The first-order chi connectivity index (χ1) is 11.9. The Balaban J connectivity index is 0.00000157. The molecule has 0 radical (unpaired) electrons. The van der Waals surface area contributed by atoms with Crippen molar-refractivity contribution in [2.75, 3.05) is 19.7 Å². The molecular weight excluding hydrogens is 342 g/mol. The van der Waals surface area contributed by atoms with Gasteiger partial charge in [-0.2, -0.15) is 4.98 Å². The molecule has 134 valence electrons. The average Bonchev–Trinajstić information content (AvgIpc) is 3.41. The Hall–Kier alpha value is -1.67. The van der Waals surface area contributed by atoms with E-state index in [1.165, 1.54) is 12.0 Å². The van der Waals surface area contributed by atoms with Gasteiger partial charge in [0.1, 0.15) is 11.8 Å². The van der Waals surface area contributed by atoms with E-state index < -0.39 is 0 Å². The standard InChI is InChI=1S/C17H21N5O2.ClH/c1-2-15-10(4-6-23-15)7-11(1)16-19-17(24-22-16)14-8-13(20-21-14)12-3-5-18-9-12;/h1-2,7,12-14,18,20-21H,3-6,8-9H2;1H. The number of aromatic nitrogens is 2. The highest BCUT2D eigenvalue weighted by molar-refractivity contribution is 5.85. The molecule has 8 heteroatoms. The first kappa shape index (κ1) is 16.8. The molecule has 3 atom stereocenters. The van der Waals surface area contributed by atoms with E-state index in [0.717, 1.165) is 43.9 Å². The lowest BCUT2D eigenvalue weighted by molar-refractivity contribution is 0.339. The van der Waals surface area contributed by atoms with Gasteiger partial charge < -0.3 is 14.6 Å². The highest BCUT2D eigenvalue weighted by Gasteiger charge is 2.35. The molecular formula is C17H22ClN5O2. The number of hydrogen-bond donors (Lipinski definition) is 3. The fourth-order valence-corrected chi connectivity index (χ4v) is 3.89. The Labute approximate surface area is 152 Å². The maximum Gasteiger partial charge on any atom is 0.245 e. The minimum Gasteiger partial charge on any atom is -0.493 e. The van der Waals surface area contributed by atoms with Gasteiger partial charge in [-0.05, 0) is 55.6 Å². The molecule has 4 heterocycles. The van der Waals surface area contributed by atoms with Crippen LogP contribution >= 0.6 is 12.4 Å². The summed E-state index contributed by atoms with van der Waals surface area (Å²) in [6, 6.07) is 6.62. The van der Waals surface area contributed by atoms with E-state index in [4.69, 9.17) is 9.26 Å². The Morgan fingerprint density at radius 3 is 3.04 bits per heavy atom. The van der Waals surface area contributed by atoms with Crippen LogP contribution in [0.2, 0.25) is 0 Å². The molecule has 3 aliphatic rings. The maximum absolute atomic E-state index is 5.55. The molecule has 0 saturated carbocycles. The van der Waals surface area contributed by atoms with Crippen molar-refractivity contribution in [3.8, 4) is 17.1 Å². The Kier molecular flexibility index (Phi) is 4.64. The number of rotatable bonds is 3. The van der Waals surface area contributed by atoms with Crippen molar-refractivity contribution in [3.05, 3.63) is 29.7 Å². The Morgan fingerprint density at radius 1 is 1.20 bits per heavy atom. The Morgan fingerprint density at radius 2 is 2.16 bits per heavy atom. The van der Waals surface area contributed by atoms with Crippen molar-refractivity contribution in [3.63, 3.8) is 0 Å². The van der Waals surface area contributed by atoms with Crippen LogP contribution in [0.3, 0.4) is 0 Å². The molecule has 2 saturated heterocycles. The number of nitrogens with one attached hydrogen (secondary N) is 3. The predicted molar refractivity (Wildman–Crippen MR) is 94.6 cm³/mol. The number of benzene rings is 1. The van der Waals surface area contributed by atoms with Gasteiger partial charge in [0.15, 0.2) is 0 Å². The van der Waals surface area contributed by atoms with E-state index in [-0.39, 0.29) is 18.4 Å². The fraction of sp³-hybridized carbons (Fsp3) is 0.529. The van der Waals surface area contributed by atoms with E-state index in [9.17, 15) is 0 Å². The molecule has 25 heavy (non-hydrogen) atoms. The highest BCUT2D eigenvalue weighted by atomic mass is 35.5. The van der Waals surface area contributed by atoms with Crippen LogP contribution in [0.25, 0.3) is 11.4 Å². The summed E-state index contributed by atoms with van der Waals surface area (Å²) in [6.07, 6.45) is 3.14. The topological polar surface area (TPSA) is 84.2 Å². The van der Waals surface area contributed by atoms with Crippen molar-refractivity contribution in [1.82, 2.24) is 26.3 Å². The number of hydrazine groups is 1. The lowest BCUT2D eigenvalue weighted by Gasteiger charge is -2.15. The van der Waals surface area contributed by atoms with Gasteiger partial charge in [-0.3, -0.25) is 5.43 Å². The number of hydrogen-bond acceptors (Lipinski definition) is 7. The van der Waals surface area contributed by atoms with Gasteiger partial charge in [-0.25, -0.2) is 5.43 Å². The first-order valence-corrected chi connectivity index (χ1v) is 8.68. The van der Waals surface area contributed by atoms with Gasteiger partial charge in [0.05, 0.1) is 6.61 Å². The summed E-state index contributed by atoms with van der Waals surface area (Å²) in [5.41, 5.74) is 8.91. The highest BCUT2D eigenvalue weighted by Crippen LogP contribution is 2.31. The third-order valence-electron chi connectivity index (χ3n) is 5.29. The summed E-state index contributed by atoms with van der Waals surface area (Å²) < 4.78 is 11.1. The summed E-state index contributed by atoms with van der Waals surface area (Å²) >= 11 is 0. The number of nitrogens with zero attached hydrogens (tertiary/aromatic N) is 2. The second-order valence-corrected chi connectivity index (χ2v) is 6.81. The van der Waals surface area contributed by atoms with Crippen LogP contribution < -0.4 is 20.9 Å². The van der Waals surface area contributed by atoms with Crippen molar-refractivity contribution in [2.45, 2.75) is 31.3 Å². The normalized spacial score (nSPS) is 27.8. The van der Waals surface area contributed by atoms with E-state index >= 15 is 0 Å². The predicted octanol–water partition coefficient (Wildman–Crippen LogP) is 1.61. The van der Waals surface area contributed by atoms with Crippen LogP contribution in [0, 0.1) is 5.92 Å². The van der Waals surface area contributed by atoms with Crippen molar-refractivity contribution >= 4 is 12.4 Å². The number of fused-ring (bicyclic) bond motifs is 1. The third kappa shape index (κ3) is 3.13. The second-order valence-electron chi connectivity index (χ2n) is 6.81. The lowest BCUT2D eigenvalue weighted by atomic mass is 9.95. The third-order valence-corrected chi connectivity index (χ3v) is 5.29. The molecule has 3 N–H and O–H groups in total. The van der Waals surface area contributed by atoms with Gasteiger partial charge >= 0.3 is 0 Å². The van der Waals surface area contributed by atoms with E-state index in [0.29, 0.717) is 23.7 Å². The molecule has 2 aromatic rings. The van der Waals surface area contributed by atoms with Crippen molar-refractivity contribution in [2.24, 2.45) is 5.92 Å². The van der Waals surface area contributed by atoms with Gasteiger partial charge in [0, 0.05) is 18.0 Å². The zero-order chi connectivity index (χ0) is 15.9. The van der Waals surface area contributed by atoms with Gasteiger partial charge in [0.2, 0.25) is 11.7 Å². The molecule has 5 rings (SSSR count). The largest absolute Gasteiger partial charge is 0.493 e. The fourth-order valence-electron chi connectivity index (χ4n) is 3.89. The zero-order valence-corrected chi connectivity index (χ0v) is 14.6. The molecule has 2 fully saturated rings.